The molecule has 2 aliphatic rings. The molecule has 1 fully saturated rings. The summed E-state index contributed by atoms with van der Waals surface area (Å²) in [4.78, 5) is 28.2. The first-order valence-corrected chi connectivity index (χ1v) is 12.3. The standard InChI is InChI=1S/C22H20F3N3O5S2/c1-11-19(13-4-2-12(3-5-13)10-17(26)29)21(11,20(30)31)28-35(32)18-9-7-15(34-18)14-6-8-16(33-27-14)22(23,24)25/h2-5,7-9,11,19,28H,6,10H2,1H3,(H2,26,29)(H,30,31)/t11-,19?,21?,35?/m1/s1. The number of carbonyl (C=O) groups excluding carboxylic acids is 1. The predicted octanol–water partition coefficient (Wildman–Crippen LogP) is 3.22. The topological polar surface area (TPSA) is 131 Å². The van der Waals surface area contributed by atoms with Crippen molar-refractivity contribution in [3.05, 3.63) is 64.2 Å². The molecule has 1 aromatic heterocycles. The summed E-state index contributed by atoms with van der Waals surface area (Å²) in [6.07, 6.45) is -3.80. The number of alkyl halides is 3. The highest BCUT2D eigenvalue weighted by atomic mass is 32.2. The van der Waals surface area contributed by atoms with Gasteiger partial charge in [-0.25, -0.2) is 8.93 Å². The van der Waals surface area contributed by atoms with E-state index in [0.29, 0.717) is 20.2 Å². The summed E-state index contributed by atoms with van der Waals surface area (Å²) >= 11 is 1.02. The minimum absolute atomic E-state index is 0.0667. The van der Waals surface area contributed by atoms with E-state index in [4.69, 9.17) is 5.73 Å². The number of rotatable bonds is 8. The third kappa shape index (κ3) is 4.88. The summed E-state index contributed by atoms with van der Waals surface area (Å²) in [6.45, 7) is 1.73. The van der Waals surface area contributed by atoms with E-state index in [0.717, 1.165) is 17.4 Å². The molecule has 4 N–H and O–H groups in total. The maximum absolute atomic E-state index is 13.0. The Morgan fingerprint density at radius 1 is 1.29 bits per heavy atom. The zero-order chi connectivity index (χ0) is 25.5. The van der Waals surface area contributed by atoms with Crippen LogP contribution in [0.3, 0.4) is 0 Å². The molecule has 4 atom stereocenters. The lowest BCUT2D eigenvalue weighted by atomic mass is 10.0. The number of benzene rings is 1. The van der Waals surface area contributed by atoms with Crippen molar-refractivity contribution in [2.24, 2.45) is 16.8 Å². The number of amides is 1. The van der Waals surface area contributed by atoms with Crippen molar-refractivity contribution >= 4 is 39.9 Å². The Balaban J connectivity index is 1.48. The first-order valence-electron chi connectivity index (χ1n) is 10.3. The zero-order valence-corrected chi connectivity index (χ0v) is 19.8. The number of halogens is 3. The van der Waals surface area contributed by atoms with Crippen molar-refractivity contribution < 1.29 is 36.9 Å². The van der Waals surface area contributed by atoms with E-state index in [1.54, 1.807) is 37.3 Å². The third-order valence-electron chi connectivity index (χ3n) is 6.00. The zero-order valence-electron chi connectivity index (χ0n) is 18.2. The maximum Gasteiger partial charge on any atom is 0.452 e. The number of carboxylic acid groups (broad SMARTS) is 1. The van der Waals surface area contributed by atoms with Crippen molar-refractivity contribution in [3.8, 4) is 0 Å². The van der Waals surface area contributed by atoms with Gasteiger partial charge in [0.05, 0.1) is 11.3 Å². The van der Waals surface area contributed by atoms with Gasteiger partial charge in [0.15, 0.2) is 0 Å². The van der Waals surface area contributed by atoms with Gasteiger partial charge >= 0.3 is 12.1 Å². The molecule has 13 heteroatoms. The van der Waals surface area contributed by atoms with Crippen molar-refractivity contribution in [2.75, 3.05) is 0 Å². The molecule has 35 heavy (non-hydrogen) atoms. The second-order valence-electron chi connectivity index (χ2n) is 8.21. The van der Waals surface area contributed by atoms with Crippen molar-refractivity contribution in [2.45, 2.75) is 41.6 Å². The minimum Gasteiger partial charge on any atom is -0.480 e. The summed E-state index contributed by atoms with van der Waals surface area (Å²) in [5.74, 6) is -3.67. The highest BCUT2D eigenvalue weighted by Crippen LogP contribution is 2.58. The Morgan fingerprint density at radius 2 is 1.97 bits per heavy atom. The summed E-state index contributed by atoms with van der Waals surface area (Å²) in [7, 11) is -1.91. The minimum atomic E-state index is -4.63. The quantitative estimate of drug-likeness (QED) is 0.485. The van der Waals surface area contributed by atoms with Crippen LogP contribution in [0.25, 0.3) is 0 Å². The number of aliphatic carboxylic acids is 1. The molecular weight excluding hydrogens is 507 g/mol. The molecule has 1 amide bonds. The van der Waals surface area contributed by atoms with Gasteiger partial charge < -0.3 is 15.7 Å². The second kappa shape index (κ2) is 9.21. The van der Waals surface area contributed by atoms with Crippen LogP contribution in [0, 0.1) is 5.92 Å². The number of hydrogen-bond donors (Lipinski definition) is 3. The number of oxime groups is 1. The normalized spacial score (nSPS) is 24.7. The SMILES string of the molecule is C[C@@H]1C(c2ccc(CC(N)=O)cc2)C1(NS(=O)c1ccc(C2=NOC(C(F)(F)F)=CC2)s1)C(=O)O. The molecule has 1 aromatic carbocycles. The van der Waals surface area contributed by atoms with E-state index in [9.17, 15) is 32.1 Å². The van der Waals surface area contributed by atoms with Crippen molar-refractivity contribution in [3.63, 3.8) is 0 Å². The molecule has 0 bridgehead atoms. The lowest BCUT2D eigenvalue weighted by Gasteiger charge is -2.15. The fraction of sp³-hybridized carbons (Fsp3) is 0.318. The Morgan fingerprint density at radius 3 is 2.51 bits per heavy atom. The smallest absolute Gasteiger partial charge is 0.452 e. The lowest BCUT2D eigenvalue weighted by Crippen LogP contribution is -2.43. The number of primary amides is 1. The first-order chi connectivity index (χ1) is 16.4. The summed E-state index contributed by atoms with van der Waals surface area (Å²) in [5, 5.41) is 13.5. The first kappa shape index (κ1) is 25.1. The van der Waals surface area contributed by atoms with Crippen LogP contribution in [-0.4, -0.2) is 38.6 Å². The van der Waals surface area contributed by atoms with Crippen LogP contribution in [0.5, 0.6) is 0 Å². The Labute approximate surface area is 204 Å². The monoisotopic (exact) mass is 527 g/mol. The molecule has 4 rings (SSSR count). The molecule has 186 valence electrons. The van der Waals surface area contributed by atoms with E-state index in [-0.39, 0.29) is 24.5 Å². The van der Waals surface area contributed by atoms with Crippen LogP contribution in [0.15, 0.2) is 57.6 Å². The van der Waals surface area contributed by atoms with Crippen LogP contribution in [-0.2, 0) is 31.8 Å². The van der Waals surface area contributed by atoms with Gasteiger partial charge in [-0.3, -0.25) is 9.59 Å². The van der Waals surface area contributed by atoms with Gasteiger partial charge in [-0.15, -0.1) is 11.3 Å². The predicted molar refractivity (Wildman–Crippen MR) is 122 cm³/mol. The van der Waals surface area contributed by atoms with Gasteiger partial charge in [0.2, 0.25) is 11.7 Å². The third-order valence-corrected chi connectivity index (χ3v) is 8.65. The molecule has 2 heterocycles. The van der Waals surface area contributed by atoms with E-state index in [1.807, 2.05) is 0 Å². The number of thiophene rings is 1. The van der Waals surface area contributed by atoms with E-state index in [2.05, 4.69) is 14.7 Å². The number of nitrogens with zero attached hydrogens (tertiary/aromatic N) is 1. The molecule has 0 spiro atoms. The highest BCUT2D eigenvalue weighted by molar-refractivity contribution is 7.85. The molecule has 0 radical (unpaired) electrons. The number of hydrogen-bond acceptors (Lipinski definition) is 6. The van der Waals surface area contributed by atoms with Gasteiger partial charge in [-0.1, -0.05) is 36.3 Å². The van der Waals surface area contributed by atoms with E-state index < -0.39 is 46.3 Å². The Hall–Kier alpha value is -3.03. The average molecular weight is 528 g/mol. The average Bonchev–Trinajstić information content (AvgIpc) is 3.14. The molecule has 1 aliphatic carbocycles. The molecule has 2 aromatic rings. The fourth-order valence-electron chi connectivity index (χ4n) is 4.14. The van der Waals surface area contributed by atoms with Gasteiger partial charge in [0.25, 0.3) is 0 Å². The van der Waals surface area contributed by atoms with Gasteiger partial charge in [-0.2, -0.15) is 13.2 Å². The van der Waals surface area contributed by atoms with Crippen LogP contribution < -0.4 is 10.5 Å². The van der Waals surface area contributed by atoms with Crippen LogP contribution in [0.4, 0.5) is 13.2 Å². The Kier molecular flexibility index (Phi) is 6.60. The molecule has 1 aliphatic heterocycles. The van der Waals surface area contributed by atoms with E-state index in [1.165, 1.54) is 6.07 Å². The Bertz CT molecular complexity index is 1260. The van der Waals surface area contributed by atoms with Crippen molar-refractivity contribution in [1.82, 2.24) is 4.72 Å². The summed E-state index contributed by atoms with van der Waals surface area (Å²) in [6, 6.07) is 9.90. The molecule has 0 saturated heterocycles. The molecule has 1 saturated carbocycles. The molecule has 3 unspecified atom stereocenters. The number of carbonyl (C=O) groups is 2. The van der Waals surface area contributed by atoms with Gasteiger partial charge in [0, 0.05) is 12.3 Å². The number of nitrogens with two attached hydrogens (primary N) is 1. The number of carboxylic acids is 1. The maximum atomic E-state index is 13.0. The molecular formula is C22H20F3N3O5S2. The fourth-order valence-corrected chi connectivity index (χ4v) is 6.57. The van der Waals surface area contributed by atoms with Gasteiger partial charge in [-0.05, 0) is 35.3 Å². The van der Waals surface area contributed by atoms with Crippen LogP contribution in [0.1, 0.15) is 35.3 Å². The van der Waals surface area contributed by atoms with Crippen molar-refractivity contribution in [1.29, 1.82) is 0 Å². The largest absolute Gasteiger partial charge is 0.480 e. The number of allylic oxidation sites excluding steroid dienone is 2. The van der Waals surface area contributed by atoms with E-state index >= 15 is 0 Å². The summed E-state index contributed by atoms with van der Waals surface area (Å²) < 4.78 is 54.2. The second-order valence-corrected chi connectivity index (χ2v) is 10.7. The van der Waals surface area contributed by atoms with Crippen LogP contribution >= 0.6 is 11.3 Å². The lowest BCUT2D eigenvalue weighted by molar-refractivity contribution is -0.140. The highest BCUT2D eigenvalue weighted by Gasteiger charge is 2.69. The molecule has 8 nitrogen and oxygen atoms in total. The summed E-state index contributed by atoms with van der Waals surface area (Å²) in [5.41, 5.74) is 5.38. The van der Waals surface area contributed by atoms with Crippen LogP contribution in [0.2, 0.25) is 0 Å². The number of nitrogens with one attached hydrogen (secondary N) is 1. The van der Waals surface area contributed by atoms with Gasteiger partial charge in [0.1, 0.15) is 26.4 Å².